The lowest BCUT2D eigenvalue weighted by Gasteiger charge is -2.39. The average molecular weight is 269 g/mol. The topological polar surface area (TPSA) is 72.9 Å². The highest BCUT2D eigenvalue weighted by Crippen LogP contribution is 2.15. The summed E-state index contributed by atoms with van der Waals surface area (Å²) in [5, 5.41) is 12.3. The van der Waals surface area contributed by atoms with Gasteiger partial charge in [-0.25, -0.2) is 0 Å². The third kappa shape index (κ3) is 3.25. The molecule has 0 aromatic carbocycles. The highest BCUT2D eigenvalue weighted by Gasteiger charge is 2.36. The maximum atomic E-state index is 12.4. The minimum absolute atomic E-state index is 0.0767. The second-order valence-electron chi connectivity index (χ2n) is 5.36. The van der Waals surface area contributed by atoms with Crippen molar-refractivity contribution in [3.05, 3.63) is 0 Å². The lowest BCUT2D eigenvalue weighted by molar-refractivity contribution is -0.148. The fourth-order valence-corrected chi connectivity index (χ4v) is 2.93. The number of nitrogens with zero attached hydrogens (tertiary/aromatic N) is 2. The highest BCUT2D eigenvalue weighted by molar-refractivity contribution is 5.83. The number of nitrogens with one attached hydrogen (secondary N) is 1. The first-order valence-corrected chi connectivity index (χ1v) is 7.09. The number of hydrogen-bond acceptors (Lipinski definition) is 4. The molecule has 2 aliphatic heterocycles. The van der Waals surface area contributed by atoms with Crippen LogP contribution in [-0.2, 0) is 9.59 Å². The number of rotatable bonds is 3. The zero-order valence-corrected chi connectivity index (χ0v) is 11.5. The van der Waals surface area contributed by atoms with Gasteiger partial charge in [0.25, 0.3) is 0 Å². The highest BCUT2D eigenvalue weighted by atomic mass is 16.4. The van der Waals surface area contributed by atoms with Crippen LogP contribution in [0.2, 0.25) is 0 Å². The van der Waals surface area contributed by atoms with Crippen molar-refractivity contribution in [1.82, 2.24) is 15.1 Å². The summed E-state index contributed by atoms with van der Waals surface area (Å²) in [5.74, 6) is -0.779. The number of carboxylic acids is 1. The van der Waals surface area contributed by atoms with Gasteiger partial charge in [0, 0.05) is 32.7 Å². The van der Waals surface area contributed by atoms with Crippen LogP contribution in [0.1, 0.15) is 26.2 Å². The summed E-state index contributed by atoms with van der Waals surface area (Å²) in [6, 6.07) is -0.946. The molecule has 108 valence electrons. The second-order valence-corrected chi connectivity index (χ2v) is 5.36. The normalized spacial score (nSPS) is 27.0. The Morgan fingerprint density at radius 1 is 1.21 bits per heavy atom. The van der Waals surface area contributed by atoms with E-state index in [1.807, 2.05) is 16.7 Å². The SMILES string of the molecule is CC(C(=O)N1CCCCC1)N1CCNCC1C(=O)O. The molecule has 2 N–H and O–H groups in total. The van der Waals surface area contributed by atoms with Gasteiger partial charge in [-0.1, -0.05) is 0 Å². The van der Waals surface area contributed by atoms with Crippen molar-refractivity contribution in [2.24, 2.45) is 0 Å². The number of carboxylic acid groups (broad SMARTS) is 1. The summed E-state index contributed by atoms with van der Waals surface area (Å²) < 4.78 is 0. The maximum absolute atomic E-state index is 12.4. The molecular formula is C13H23N3O3. The third-order valence-corrected chi connectivity index (χ3v) is 4.09. The van der Waals surface area contributed by atoms with E-state index in [9.17, 15) is 14.7 Å². The van der Waals surface area contributed by atoms with Crippen LogP contribution in [0.25, 0.3) is 0 Å². The van der Waals surface area contributed by atoms with E-state index in [2.05, 4.69) is 5.32 Å². The minimum atomic E-state index is -0.856. The van der Waals surface area contributed by atoms with Crippen LogP contribution in [0.4, 0.5) is 0 Å². The zero-order chi connectivity index (χ0) is 13.8. The monoisotopic (exact) mass is 269 g/mol. The van der Waals surface area contributed by atoms with E-state index < -0.39 is 12.0 Å². The molecule has 2 rings (SSSR count). The third-order valence-electron chi connectivity index (χ3n) is 4.09. The lowest BCUT2D eigenvalue weighted by atomic mass is 10.1. The van der Waals surface area contributed by atoms with E-state index in [0.717, 1.165) is 32.5 Å². The molecule has 0 radical (unpaired) electrons. The second kappa shape index (κ2) is 6.34. The van der Waals surface area contributed by atoms with Gasteiger partial charge in [0.2, 0.25) is 5.91 Å². The van der Waals surface area contributed by atoms with Crippen molar-refractivity contribution >= 4 is 11.9 Å². The predicted molar refractivity (Wildman–Crippen MR) is 70.9 cm³/mol. The number of amides is 1. The molecule has 6 nitrogen and oxygen atoms in total. The van der Waals surface area contributed by atoms with Crippen molar-refractivity contribution in [2.75, 3.05) is 32.7 Å². The fourth-order valence-electron chi connectivity index (χ4n) is 2.93. The molecular weight excluding hydrogens is 246 g/mol. The molecule has 1 amide bonds. The number of hydrogen-bond donors (Lipinski definition) is 2. The van der Waals surface area contributed by atoms with Crippen molar-refractivity contribution < 1.29 is 14.7 Å². The van der Waals surface area contributed by atoms with Crippen molar-refractivity contribution in [3.8, 4) is 0 Å². The number of carbonyl (C=O) groups is 2. The van der Waals surface area contributed by atoms with Crippen LogP contribution < -0.4 is 5.32 Å². The van der Waals surface area contributed by atoms with Crippen LogP contribution in [0.15, 0.2) is 0 Å². The number of piperazine rings is 1. The van der Waals surface area contributed by atoms with Crippen molar-refractivity contribution in [2.45, 2.75) is 38.3 Å². The van der Waals surface area contributed by atoms with Crippen LogP contribution in [-0.4, -0.2) is 71.6 Å². The number of likely N-dealkylation sites (tertiary alicyclic amines) is 1. The molecule has 6 heteroatoms. The Kier molecular flexibility index (Phi) is 4.76. The van der Waals surface area contributed by atoms with E-state index >= 15 is 0 Å². The molecule has 0 aromatic rings. The Hall–Kier alpha value is -1.14. The molecule has 0 aromatic heterocycles. The summed E-state index contributed by atoms with van der Waals surface area (Å²) in [7, 11) is 0. The summed E-state index contributed by atoms with van der Waals surface area (Å²) in [5.41, 5.74) is 0. The molecule has 2 fully saturated rings. The van der Waals surface area contributed by atoms with Crippen LogP contribution in [0.3, 0.4) is 0 Å². The first-order valence-electron chi connectivity index (χ1n) is 7.09. The van der Waals surface area contributed by atoms with Gasteiger partial charge in [-0.2, -0.15) is 0 Å². The van der Waals surface area contributed by atoms with Crippen LogP contribution in [0.5, 0.6) is 0 Å². The number of carbonyl (C=O) groups excluding carboxylic acids is 1. The molecule has 2 heterocycles. The molecule has 0 bridgehead atoms. The Morgan fingerprint density at radius 2 is 1.89 bits per heavy atom. The molecule has 2 saturated heterocycles. The quantitative estimate of drug-likeness (QED) is 0.739. The Balaban J connectivity index is 2.01. The molecule has 2 unspecified atom stereocenters. The smallest absolute Gasteiger partial charge is 0.322 e. The van der Waals surface area contributed by atoms with E-state index in [-0.39, 0.29) is 11.9 Å². The van der Waals surface area contributed by atoms with Gasteiger partial charge in [-0.15, -0.1) is 0 Å². The molecule has 0 spiro atoms. The first-order chi connectivity index (χ1) is 9.11. The first kappa shape index (κ1) is 14.3. The number of piperidine rings is 1. The Bertz CT molecular complexity index is 342. The van der Waals surface area contributed by atoms with Crippen LogP contribution in [0, 0.1) is 0 Å². The maximum Gasteiger partial charge on any atom is 0.322 e. The van der Waals surface area contributed by atoms with Gasteiger partial charge in [0.1, 0.15) is 6.04 Å². The van der Waals surface area contributed by atoms with Crippen molar-refractivity contribution in [3.63, 3.8) is 0 Å². The molecule has 2 atom stereocenters. The van der Waals surface area contributed by atoms with E-state index in [4.69, 9.17) is 0 Å². The van der Waals surface area contributed by atoms with Gasteiger partial charge < -0.3 is 15.3 Å². The summed E-state index contributed by atoms with van der Waals surface area (Å²) in [6.45, 7) is 5.21. The van der Waals surface area contributed by atoms with E-state index in [1.54, 1.807) is 0 Å². The average Bonchev–Trinajstić information content (AvgIpc) is 2.46. The lowest BCUT2D eigenvalue weighted by Crippen LogP contribution is -2.61. The predicted octanol–water partition coefficient (Wildman–Crippen LogP) is -0.254. The van der Waals surface area contributed by atoms with Gasteiger partial charge in [0.15, 0.2) is 0 Å². The fraction of sp³-hybridized carbons (Fsp3) is 0.846. The summed E-state index contributed by atoms with van der Waals surface area (Å²) >= 11 is 0. The van der Waals surface area contributed by atoms with E-state index in [0.29, 0.717) is 13.1 Å². The van der Waals surface area contributed by atoms with Gasteiger partial charge in [0.05, 0.1) is 6.04 Å². The van der Waals surface area contributed by atoms with Gasteiger partial charge in [-0.05, 0) is 26.2 Å². The Morgan fingerprint density at radius 3 is 2.53 bits per heavy atom. The zero-order valence-electron chi connectivity index (χ0n) is 11.5. The van der Waals surface area contributed by atoms with Crippen LogP contribution >= 0.6 is 0 Å². The standard InChI is InChI=1S/C13H23N3O3/c1-10(12(17)15-6-3-2-4-7-15)16-8-5-14-9-11(16)13(18)19/h10-11,14H,2-9H2,1H3,(H,18,19). The number of aliphatic carboxylic acids is 1. The van der Waals surface area contributed by atoms with Gasteiger partial charge >= 0.3 is 5.97 Å². The largest absolute Gasteiger partial charge is 0.480 e. The molecule has 0 saturated carbocycles. The molecule has 0 aliphatic carbocycles. The minimum Gasteiger partial charge on any atom is -0.480 e. The Labute approximate surface area is 113 Å². The van der Waals surface area contributed by atoms with Gasteiger partial charge in [-0.3, -0.25) is 14.5 Å². The van der Waals surface area contributed by atoms with Crippen molar-refractivity contribution in [1.29, 1.82) is 0 Å². The summed E-state index contributed by atoms with van der Waals surface area (Å²) in [4.78, 5) is 27.4. The molecule has 19 heavy (non-hydrogen) atoms. The van der Waals surface area contributed by atoms with E-state index in [1.165, 1.54) is 6.42 Å². The molecule has 2 aliphatic rings. The summed E-state index contributed by atoms with van der Waals surface area (Å²) in [6.07, 6.45) is 3.30.